The molecule has 0 radical (unpaired) electrons. The van der Waals surface area contributed by atoms with E-state index >= 15 is 0 Å². The zero-order valence-corrected chi connectivity index (χ0v) is 10.9. The number of benzene rings is 1. The number of hydrogen-bond donors (Lipinski definition) is 0. The van der Waals surface area contributed by atoms with Crippen molar-refractivity contribution in [3.05, 3.63) is 35.4 Å². The summed E-state index contributed by atoms with van der Waals surface area (Å²) in [6.45, 7) is 3.92. The first-order valence-electron chi connectivity index (χ1n) is 6.81. The third kappa shape index (κ3) is 2.96. The van der Waals surface area contributed by atoms with Gasteiger partial charge < -0.3 is 0 Å². The molecule has 92 valence electrons. The van der Waals surface area contributed by atoms with Crippen molar-refractivity contribution in [1.82, 2.24) is 0 Å². The van der Waals surface area contributed by atoms with Crippen LogP contribution >= 0.6 is 0 Å². The summed E-state index contributed by atoms with van der Waals surface area (Å²) in [6, 6.07) is 8.24. The largest absolute Gasteiger partial charge is 0.295 e. The number of ketones is 1. The maximum atomic E-state index is 11.2. The maximum Gasteiger partial charge on any atom is 0.159 e. The van der Waals surface area contributed by atoms with Gasteiger partial charge in [0.1, 0.15) is 0 Å². The average molecular weight is 230 g/mol. The van der Waals surface area contributed by atoms with Crippen LogP contribution in [0.4, 0.5) is 0 Å². The molecule has 0 N–H and O–H groups in total. The van der Waals surface area contributed by atoms with Gasteiger partial charge in [0.25, 0.3) is 0 Å². The minimum Gasteiger partial charge on any atom is -0.295 e. The van der Waals surface area contributed by atoms with E-state index in [1.165, 1.54) is 37.7 Å². The van der Waals surface area contributed by atoms with Crippen molar-refractivity contribution in [2.75, 3.05) is 0 Å². The first-order chi connectivity index (χ1) is 8.20. The second kappa shape index (κ2) is 5.48. The van der Waals surface area contributed by atoms with Crippen molar-refractivity contribution in [3.63, 3.8) is 0 Å². The molecule has 0 unspecified atom stereocenters. The topological polar surface area (TPSA) is 17.1 Å². The Kier molecular flexibility index (Phi) is 3.98. The summed E-state index contributed by atoms with van der Waals surface area (Å²) in [5.41, 5.74) is 2.25. The molecule has 0 aromatic heterocycles. The SMILES string of the molecule is CCC1CCC(c2ccc(C(C)=O)cc2)CC1. The van der Waals surface area contributed by atoms with E-state index < -0.39 is 0 Å². The molecule has 0 amide bonds. The summed E-state index contributed by atoms with van der Waals surface area (Å²) in [6.07, 6.45) is 6.71. The highest BCUT2D eigenvalue weighted by molar-refractivity contribution is 5.94. The molecule has 1 aromatic rings. The molecular formula is C16H22O. The Hall–Kier alpha value is -1.11. The van der Waals surface area contributed by atoms with E-state index in [-0.39, 0.29) is 5.78 Å². The van der Waals surface area contributed by atoms with Crippen LogP contribution in [-0.2, 0) is 0 Å². The van der Waals surface area contributed by atoms with E-state index in [9.17, 15) is 4.79 Å². The molecule has 0 saturated heterocycles. The summed E-state index contributed by atoms with van der Waals surface area (Å²) < 4.78 is 0. The van der Waals surface area contributed by atoms with Crippen molar-refractivity contribution in [3.8, 4) is 0 Å². The predicted molar refractivity (Wildman–Crippen MR) is 71.4 cm³/mol. The molecule has 0 atom stereocenters. The van der Waals surface area contributed by atoms with Gasteiger partial charge in [-0.25, -0.2) is 0 Å². The van der Waals surface area contributed by atoms with Crippen LogP contribution in [-0.4, -0.2) is 5.78 Å². The highest BCUT2D eigenvalue weighted by Crippen LogP contribution is 2.36. The van der Waals surface area contributed by atoms with Crippen LogP contribution in [0.25, 0.3) is 0 Å². The number of hydrogen-bond acceptors (Lipinski definition) is 1. The van der Waals surface area contributed by atoms with Gasteiger partial charge >= 0.3 is 0 Å². The van der Waals surface area contributed by atoms with E-state index in [0.29, 0.717) is 0 Å². The monoisotopic (exact) mass is 230 g/mol. The smallest absolute Gasteiger partial charge is 0.159 e. The minimum absolute atomic E-state index is 0.159. The third-order valence-corrected chi connectivity index (χ3v) is 4.21. The fourth-order valence-corrected chi connectivity index (χ4v) is 2.89. The molecule has 0 aliphatic heterocycles. The van der Waals surface area contributed by atoms with Gasteiger partial charge in [0.15, 0.2) is 5.78 Å². The fourth-order valence-electron chi connectivity index (χ4n) is 2.89. The third-order valence-electron chi connectivity index (χ3n) is 4.21. The molecular weight excluding hydrogens is 208 g/mol. The van der Waals surface area contributed by atoms with Gasteiger partial charge in [-0.2, -0.15) is 0 Å². The minimum atomic E-state index is 0.159. The molecule has 1 nitrogen and oxygen atoms in total. The molecule has 2 rings (SSSR count). The number of carbonyl (C=O) groups excluding carboxylic acids is 1. The average Bonchev–Trinajstić information content (AvgIpc) is 2.39. The second-order valence-corrected chi connectivity index (χ2v) is 5.30. The summed E-state index contributed by atoms with van der Waals surface area (Å²) in [5, 5.41) is 0. The molecule has 1 heteroatoms. The first-order valence-corrected chi connectivity index (χ1v) is 6.81. The quantitative estimate of drug-likeness (QED) is 0.695. The fraction of sp³-hybridized carbons (Fsp3) is 0.562. The highest BCUT2D eigenvalue weighted by Gasteiger charge is 2.21. The summed E-state index contributed by atoms with van der Waals surface area (Å²) >= 11 is 0. The van der Waals surface area contributed by atoms with Crippen LogP contribution in [0, 0.1) is 5.92 Å². The Bertz CT molecular complexity index is 369. The second-order valence-electron chi connectivity index (χ2n) is 5.30. The number of rotatable bonds is 3. The van der Waals surface area contributed by atoms with Crippen molar-refractivity contribution in [2.24, 2.45) is 5.92 Å². The summed E-state index contributed by atoms with van der Waals surface area (Å²) in [7, 11) is 0. The lowest BCUT2D eigenvalue weighted by atomic mass is 9.78. The molecule has 1 saturated carbocycles. The lowest BCUT2D eigenvalue weighted by molar-refractivity contribution is 0.101. The molecule has 1 aliphatic carbocycles. The Labute approximate surface area is 104 Å². The Morgan fingerprint density at radius 3 is 2.18 bits per heavy atom. The highest BCUT2D eigenvalue weighted by atomic mass is 16.1. The Morgan fingerprint density at radius 2 is 1.71 bits per heavy atom. The van der Waals surface area contributed by atoms with E-state index in [0.717, 1.165) is 17.4 Å². The summed E-state index contributed by atoms with van der Waals surface area (Å²) in [5.74, 6) is 1.83. The van der Waals surface area contributed by atoms with Crippen LogP contribution in [0.1, 0.15) is 67.8 Å². The zero-order valence-electron chi connectivity index (χ0n) is 10.9. The molecule has 1 aromatic carbocycles. The van der Waals surface area contributed by atoms with Gasteiger partial charge in [-0.05, 0) is 50.0 Å². The van der Waals surface area contributed by atoms with E-state index in [2.05, 4.69) is 19.1 Å². The maximum absolute atomic E-state index is 11.2. The number of Topliss-reactive ketones (excluding diaryl/α,β-unsaturated/α-hetero) is 1. The number of carbonyl (C=O) groups is 1. The molecule has 0 bridgehead atoms. The van der Waals surface area contributed by atoms with Crippen LogP contribution in [0.15, 0.2) is 24.3 Å². The molecule has 1 fully saturated rings. The molecule has 0 spiro atoms. The van der Waals surface area contributed by atoms with Gasteiger partial charge in [0.05, 0.1) is 0 Å². The van der Waals surface area contributed by atoms with Crippen molar-refractivity contribution < 1.29 is 4.79 Å². The molecule has 17 heavy (non-hydrogen) atoms. The van der Waals surface area contributed by atoms with Crippen LogP contribution < -0.4 is 0 Å². The predicted octanol–water partition coefficient (Wildman–Crippen LogP) is 4.57. The lowest BCUT2D eigenvalue weighted by Crippen LogP contribution is -2.12. The molecule has 0 heterocycles. The molecule has 1 aliphatic rings. The van der Waals surface area contributed by atoms with E-state index in [1.54, 1.807) is 6.92 Å². The van der Waals surface area contributed by atoms with Gasteiger partial charge in [-0.1, -0.05) is 37.6 Å². The van der Waals surface area contributed by atoms with Gasteiger partial charge in [-0.15, -0.1) is 0 Å². The van der Waals surface area contributed by atoms with Gasteiger partial charge in [0.2, 0.25) is 0 Å². The zero-order chi connectivity index (χ0) is 12.3. The van der Waals surface area contributed by atoms with Gasteiger partial charge in [0, 0.05) is 5.56 Å². The van der Waals surface area contributed by atoms with Crippen molar-refractivity contribution >= 4 is 5.78 Å². The Morgan fingerprint density at radius 1 is 1.12 bits per heavy atom. The van der Waals surface area contributed by atoms with Crippen LogP contribution in [0.5, 0.6) is 0 Å². The van der Waals surface area contributed by atoms with Gasteiger partial charge in [-0.3, -0.25) is 4.79 Å². The van der Waals surface area contributed by atoms with Crippen LogP contribution in [0.2, 0.25) is 0 Å². The standard InChI is InChI=1S/C16H22O/c1-3-13-4-6-15(7-5-13)16-10-8-14(9-11-16)12(2)17/h8-11,13,15H,3-7H2,1-2H3. The van der Waals surface area contributed by atoms with E-state index in [1.807, 2.05) is 12.1 Å². The summed E-state index contributed by atoms with van der Waals surface area (Å²) in [4.78, 5) is 11.2. The van der Waals surface area contributed by atoms with Crippen molar-refractivity contribution in [1.29, 1.82) is 0 Å². The first kappa shape index (κ1) is 12.3. The normalized spacial score (nSPS) is 24.6. The van der Waals surface area contributed by atoms with Crippen molar-refractivity contribution in [2.45, 2.75) is 51.9 Å². The van der Waals surface area contributed by atoms with Crippen LogP contribution in [0.3, 0.4) is 0 Å². The Balaban J connectivity index is 2.01. The van der Waals surface area contributed by atoms with E-state index in [4.69, 9.17) is 0 Å². The lowest BCUT2D eigenvalue weighted by Gasteiger charge is -2.28.